The highest BCUT2D eigenvalue weighted by Crippen LogP contribution is 2.31. The summed E-state index contributed by atoms with van der Waals surface area (Å²) >= 11 is 0. The number of aromatic nitrogens is 2. The molecule has 36 heavy (non-hydrogen) atoms. The van der Waals surface area contributed by atoms with Crippen LogP contribution in [0.1, 0.15) is 23.6 Å². The summed E-state index contributed by atoms with van der Waals surface area (Å²) in [6.07, 6.45) is 2.82. The molecule has 1 aromatic heterocycles. The summed E-state index contributed by atoms with van der Waals surface area (Å²) in [5, 5.41) is 0. The number of esters is 1. The monoisotopic (exact) mass is 493 g/mol. The van der Waals surface area contributed by atoms with Gasteiger partial charge in [-0.05, 0) is 48.4 Å². The van der Waals surface area contributed by atoms with Crippen LogP contribution < -0.4 is 23.8 Å². The predicted octanol–water partition coefficient (Wildman–Crippen LogP) is 4.29. The van der Waals surface area contributed by atoms with Gasteiger partial charge in [-0.1, -0.05) is 24.3 Å². The van der Waals surface area contributed by atoms with Gasteiger partial charge in [0.25, 0.3) is 0 Å². The first-order valence-corrected chi connectivity index (χ1v) is 11.4. The van der Waals surface area contributed by atoms with E-state index in [1.54, 1.807) is 21.1 Å². The Labute approximate surface area is 211 Å². The molecule has 0 unspecified atom stereocenters. The molecule has 0 bridgehead atoms. The summed E-state index contributed by atoms with van der Waals surface area (Å²) in [6.45, 7) is 3.05. The lowest BCUT2D eigenvalue weighted by atomic mass is 10.1. The summed E-state index contributed by atoms with van der Waals surface area (Å²) < 4.78 is 26.6. The average Bonchev–Trinajstić information content (AvgIpc) is 2.92. The highest BCUT2D eigenvalue weighted by Gasteiger charge is 2.19. The van der Waals surface area contributed by atoms with Gasteiger partial charge < -0.3 is 28.6 Å². The number of methoxy groups -OCH3 is 4. The van der Waals surface area contributed by atoms with Crippen LogP contribution in [0.15, 0.2) is 54.6 Å². The molecule has 1 heterocycles. The standard InChI is InChI=1S/C27H31N3O6/c1-6-36-24(31)16-15-23-25(34-4)28-27(29-26(23)35-5)30(17-19-7-11-21(32-2)12-8-19)18-20-9-13-22(33-3)14-10-20/h7-16H,6,17-18H2,1-5H3/b16-15+. The number of carbonyl (C=O) groups is 1. The number of ether oxygens (including phenoxy) is 5. The lowest BCUT2D eigenvalue weighted by Crippen LogP contribution is -2.25. The minimum atomic E-state index is -0.480. The number of anilines is 1. The number of rotatable bonds is 12. The van der Waals surface area contributed by atoms with Crippen LogP contribution in [0.4, 0.5) is 5.95 Å². The Morgan fingerprint density at radius 2 is 1.25 bits per heavy atom. The maximum absolute atomic E-state index is 11.8. The Kier molecular flexibility index (Phi) is 9.50. The third kappa shape index (κ3) is 6.88. The molecule has 190 valence electrons. The summed E-state index contributed by atoms with van der Waals surface area (Å²) in [4.78, 5) is 23.1. The maximum Gasteiger partial charge on any atom is 0.330 e. The Bertz CT molecular complexity index is 1090. The van der Waals surface area contributed by atoms with E-state index >= 15 is 0 Å². The smallest absolute Gasteiger partial charge is 0.330 e. The summed E-state index contributed by atoms with van der Waals surface area (Å²) in [5.74, 6) is 2.02. The molecule has 3 aromatic rings. The predicted molar refractivity (Wildman–Crippen MR) is 137 cm³/mol. The van der Waals surface area contributed by atoms with Gasteiger partial charge in [-0.15, -0.1) is 0 Å². The summed E-state index contributed by atoms with van der Waals surface area (Å²) in [6, 6.07) is 15.6. The molecule has 2 aromatic carbocycles. The maximum atomic E-state index is 11.8. The molecule has 0 aliphatic heterocycles. The van der Waals surface area contributed by atoms with E-state index < -0.39 is 5.97 Å². The fourth-order valence-corrected chi connectivity index (χ4v) is 3.46. The van der Waals surface area contributed by atoms with Crippen molar-refractivity contribution in [3.63, 3.8) is 0 Å². The molecule has 0 radical (unpaired) electrons. The van der Waals surface area contributed by atoms with Crippen molar-refractivity contribution >= 4 is 18.0 Å². The van der Waals surface area contributed by atoms with Crippen molar-refractivity contribution in [2.75, 3.05) is 39.9 Å². The zero-order valence-corrected chi connectivity index (χ0v) is 21.2. The topological polar surface area (TPSA) is 92.2 Å². The third-order valence-corrected chi connectivity index (χ3v) is 5.27. The first-order valence-electron chi connectivity index (χ1n) is 11.4. The zero-order chi connectivity index (χ0) is 25.9. The largest absolute Gasteiger partial charge is 0.497 e. The van der Waals surface area contributed by atoms with Crippen LogP contribution in [0.3, 0.4) is 0 Å². The molecule has 0 aliphatic carbocycles. The number of hydrogen-bond donors (Lipinski definition) is 0. The molecule has 0 aliphatic rings. The van der Waals surface area contributed by atoms with Crippen molar-refractivity contribution in [3.05, 3.63) is 71.3 Å². The van der Waals surface area contributed by atoms with Crippen LogP contribution in [0, 0.1) is 0 Å². The van der Waals surface area contributed by atoms with Crippen LogP contribution in [-0.2, 0) is 22.6 Å². The minimum Gasteiger partial charge on any atom is -0.497 e. The summed E-state index contributed by atoms with van der Waals surface area (Å²) in [7, 11) is 6.28. The second-order valence-corrected chi connectivity index (χ2v) is 7.59. The number of carbonyl (C=O) groups excluding carboxylic acids is 1. The van der Waals surface area contributed by atoms with Gasteiger partial charge in [0.05, 0.1) is 40.6 Å². The van der Waals surface area contributed by atoms with E-state index in [1.165, 1.54) is 26.4 Å². The number of nitrogens with zero attached hydrogens (tertiary/aromatic N) is 3. The molecular weight excluding hydrogens is 462 g/mol. The van der Waals surface area contributed by atoms with Gasteiger partial charge >= 0.3 is 5.97 Å². The SMILES string of the molecule is CCOC(=O)/C=C/c1c(OC)nc(N(Cc2ccc(OC)cc2)Cc2ccc(OC)cc2)nc1OC. The molecule has 0 amide bonds. The van der Waals surface area contributed by atoms with E-state index in [4.69, 9.17) is 23.7 Å². The highest BCUT2D eigenvalue weighted by molar-refractivity contribution is 5.88. The summed E-state index contributed by atoms with van der Waals surface area (Å²) in [5.41, 5.74) is 2.51. The van der Waals surface area contributed by atoms with Crippen molar-refractivity contribution in [1.29, 1.82) is 0 Å². The van der Waals surface area contributed by atoms with Crippen molar-refractivity contribution < 1.29 is 28.5 Å². The first kappa shape index (κ1) is 26.3. The van der Waals surface area contributed by atoms with Crippen LogP contribution >= 0.6 is 0 Å². The van der Waals surface area contributed by atoms with E-state index in [9.17, 15) is 4.79 Å². The van der Waals surface area contributed by atoms with Gasteiger partial charge in [0.1, 0.15) is 11.5 Å². The fourth-order valence-electron chi connectivity index (χ4n) is 3.46. The van der Waals surface area contributed by atoms with Crippen molar-refractivity contribution in [3.8, 4) is 23.3 Å². The molecule has 9 nitrogen and oxygen atoms in total. The number of hydrogen-bond acceptors (Lipinski definition) is 9. The molecule has 0 spiro atoms. The van der Waals surface area contributed by atoms with Crippen molar-refractivity contribution in [2.24, 2.45) is 0 Å². The second kappa shape index (κ2) is 13.0. The molecule has 0 fully saturated rings. The molecule has 9 heteroatoms. The first-order chi connectivity index (χ1) is 17.5. The van der Waals surface area contributed by atoms with E-state index in [-0.39, 0.29) is 18.4 Å². The van der Waals surface area contributed by atoms with Gasteiger partial charge in [-0.25, -0.2) is 4.79 Å². The molecule has 0 saturated carbocycles. The average molecular weight is 494 g/mol. The Morgan fingerprint density at radius 1 is 0.778 bits per heavy atom. The lowest BCUT2D eigenvalue weighted by Gasteiger charge is -2.24. The second-order valence-electron chi connectivity index (χ2n) is 7.59. The Balaban J connectivity index is 2.00. The van der Waals surface area contributed by atoms with E-state index in [0.717, 1.165) is 22.6 Å². The molecule has 3 rings (SSSR count). The van der Waals surface area contributed by atoms with Crippen LogP contribution in [0.25, 0.3) is 6.08 Å². The van der Waals surface area contributed by atoms with Crippen LogP contribution in [0.5, 0.6) is 23.3 Å². The van der Waals surface area contributed by atoms with Crippen LogP contribution in [0.2, 0.25) is 0 Å². The van der Waals surface area contributed by atoms with E-state index in [1.807, 2.05) is 53.4 Å². The quantitative estimate of drug-likeness (QED) is 0.271. The van der Waals surface area contributed by atoms with Gasteiger partial charge in [-0.3, -0.25) is 0 Å². The molecule has 0 N–H and O–H groups in total. The Morgan fingerprint density at radius 3 is 1.64 bits per heavy atom. The van der Waals surface area contributed by atoms with Gasteiger partial charge in [0.15, 0.2) is 0 Å². The van der Waals surface area contributed by atoms with Gasteiger partial charge in [0, 0.05) is 19.2 Å². The highest BCUT2D eigenvalue weighted by atomic mass is 16.5. The van der Waals surface area contributed by atoms with Gasteiger partial charge in [-0.2, -0.15) is 9.97 Å². The van der Waals surface area contributed by atoms with Gasteiger partial charge in [0.2, 0.25) is 17.7 Å². The Hall–Kier alpha value is -4.27. The lowest BCUT2D eigenvalue weighted by molar-refractivity contribution is -0.137. The normalized spacial score (nSPS) is 10.7. The van der Waals surface area contributed by atoms with Crippen LogP contribution in [-0.4, -0.2) is 51.0 Å². The van der Waals surface area contributed by atoms with Crippen molar-refractivity contribution in [1.82, 2.24) is 9.97 Å². The zero-order valence-electron chi connectivity index (χ0n) is 21.2. The number of benzene rings is 2. The van der Waals surface area contributed by atoms with Crippen molar-refractivity contribution in [2.45, 2.75) is 20.0 Å². The van der Waals surface area contributed by atoms with E-state index in [0.29, 0.717) is 24.6 Å². The third-order valence-electron chi connectivity index (χ3n) is 5.27. The molecule has 0 atom stereocenters. The molecular formula is C27H31N3O6. The van der Waals surface area contributed by atoms with E-state index in [2.05, 4.69) is 9.97 Å². The minimum absolute atomic E-state index is 0.270. The molecule has 0 saturated heterocycles. The fraction of sp³-hybridized carbons (Fsp3) is 0.296.